The second-order valence-electron chi connectivity index (χ2n) is 9.82. The van der Waals surface area contributed by atoms with E-state index in [1.54, 1.807) is 0 Å². The summed E-state index contributed by atoms with van der Waals surface area (Å²) >= 11 is 0. The van der Waals surface area contributed by atoms with Gasteiger partial charge in [-0.3, -0.25) is 18.9 Å². The van der Waals surface area contributed by atoms with Crippen molar-refractivity contribution in [3.05, 3.63) is 0 Å². The average Bonchev–Trinajstić information content (AvgIpc) is 3.49. The lowest BCUT2D eigenvalue weighted by molar-refractivity contribution is -0.178. The Morgan fingerprint density at radius 2 is 1.74 bits per heavy atom. The summed E-state index contributed by atoms with van der Waals surface area (Å²) in [5.41, 5.74) is -0.624. The molecule has 9 nitrogen and oxygen atoms in total. The predicted octanol–water partition coefficient (Wildman–Crippen LogP) is 2.73. The second-order valence-corrected chi connectivity index (χ2v) is 11.3. The molecule has 3 saturated carbocycles. The van der Waals surface area contributed by atoms with Crippen molar-refractivity contribution < 1.29 is 59.1 Å². The number of carbonyl (C=O) groups is 3. The van der Waals surface area contributed by atoms with Crippen LogP contribution in [-0.2, 0) is 38.7 Å². The van der Waals surface area contributed by atoms with E-state index >= 15 is 0 Å². The van der Waals surface area contributed by atoms with Crippen LogP contribution in [0.2, 0.25) is 0 Å². The van der Waals surface area contributed by atoms with Crippen LogP contribution in [0.1, 0.15) is 51.9 Å². The van der Waals surface area contributed by atoms with Gasteiger partial charge in [-0.05, 0) is 44.4 Å². The Hall–Kier alpha value is -1.96. The number of rotatable bonds is 9. The summed E-state index contributed by atoms with van der Waals surface area (Å²) in [5, 5.41) is -5.79. The van der Waals surface area contributed by atoms with Gasteiger partial charge in [0.15, 0.2) is 0 Å². The molecule has 1 saturated heterocycles. The molecular weight excluding hydrogens is 504 g/mol. The quantitative estimate of drug-likeness (QED) is 0.207. The molecule has 4 fully saturated rings. The van der Waals surface area contributed by atoms with E-state index in [2.05, 4.69) is 0 Å². The topological polar surface area (TPSA) is 133 Å². The van der Waals surface area contributed by atoms with E-state index in [-0.39, 0.29) is 6.42 Å². The largest absolute Gasteiger partial charge is 0.465 e. The Bertz CT molecular complexity index is 1010. The highest BCUT2D eigenvalue weighted by Crippen LogP contribution is 2.61. The van der Waals surface area contributed by atoms with Crippen LogP contribution in [-0.4, -0.2) is 60.4 Å². The van der Waals surface area contributed by atoms with Crippen molar-refractivity contribution in [3.63, 3.8) is 0 Å². The highest BCUT2D eigenvalue weighted by atomic mass is 32.2. The Kier molecular flexibility index (Phi) is 6.39. The molecule has 1 heterocycles. The van der Waals surface area contributed by atoms with Gasteiger partial charge in [0.05, 0.1) is 30.8 Å². The summed E-state index contributed by atoms with van der Waals surface area (Å²) in [6.07, 6.45) is 1.39. The predicted molar refractivity (Wildman–Crippen MR) is 107 cm³/mol. The van der Waals surface area contributed by atoms with Gasteiger partial charge in [-0.2, -0.15) is 26.0 Å². The van der Waals surface area contributed by atoms with Crippen LogP contribution in [0.4, 0.5) is 17.6 Å². The van der Waals surface area contributed by atoms with Gasteiger partial charge in [-0.25, -0.2) is 0 Å². The summed E-state index contributed by atoms with van der Waals surface area (Å²) in [5.74, 6) is -12.0. The number of ether oxygens (including phenoxy) is 3. The maximum absolute atomic E-state index is 13.7. The molecule has 0 aromatic heterocycles. The third-order valence-electron chi connectivity index (χ3n) is 8.05. The van der Waals surface area contributed by atoms with Gasteiger partial charge in [0.1, 0.15) is 11.7 Å². The summed E-state index contributed by atoms with van der Waals surface area (Å²) in [7, 11) is -6.42. The first kappa shape index (κ1) is 26.1. The average molecular weight is 530 g/mol. The lowest BCUT2D eigenvalue weighted by Crippen LogP contribution is -2.47. The van der Waals surface area contributed by atoms with Crippen LogP contribution in [0.25, 0.3) is 0 Å². The number of alkyl halides is 4. The molecule has 6 atom stereocenters. The highest BCUT2D eigenvalue weighted by molar-refractivity contribution is 7.87. The molecule has 14 heteroatoms. The first-order chi connectivity index (χ1) is 16.2. The smallest absolute Gasteiger partial charge is 0.431 e. The highest BCUT2D eigenvalue weighted by Gasteiger charge is 2.71. The second kappa shape index (κ2) is 8.56. The monoisotopic (exact) mass is 530 g/mol. The fourth-order valence-electron chi connectivity index (χ4n) is 6.22. The van der Waals surface area contributed by atoms with Crippen molar-refractivity contribution in [2.75, 3.05) is 6.61 Å². The van der Waals surface area contributed by atoms with Crippen molar-refractivity contribution in [2.24, 2.45) is 29.6 Å². The maximum Gasteiger partial charge on any atom is 0.431 e. The SMILES string of the molecule is CCC1(OC(=O)C2C3CC4C2OC(=O)C4C3C(=O)OCCC(F)(F)C(F)(F)S(=O)(=O)O)CCCC1. The van der Waals surface area contributed by atoms with E-state index in [0.29, 0.717) is 19.3 Å². The van der Waals surface area contributed by atoms with Crippen LogP contribution >= 0.6 is 0 Å². The van der Waals surface area contributed by atoms with Crippen molar-refractivity contribution in [3.8, 4) is 0 Å². The molecule has 0 spiro atoms. The molecular formula is C21H26F4O9S. The zero-order chi connectivity index (χ0) is 26.0. The van der Waals surface area contributed by atoms with E-state index in [1.165, 1.54) is 0 Å². The number of hydrogen-bond acceptors (Lipinski definition) is 8. The molecule has 0 aromatic rings. The zero-order valence-corrected chi connectivity index (χ0v) is 19.6. The Morgan fingerprint density at radius 3 is 2.31 bits per heavy atom. The van der Waals surface area contributed by atoms with Crippen molar-refractivity contribution in [2.45, 2.75) is 74.8 Å². The van der Waals surface area contributed by atoms with Crippen LogP contribution < -0.4 is 0 Å². The molecule has 0 aromatic carbocycles. The van der Waals surface area contributed by atoms with Crippen LogP contribution in [0.3, 0.4) is 0 Å². The summed E-state index contributed by atoms with van der Waals surface area (Å²) in [4.78, 5) is 38.3. The Labute approximate surface area is 198 Å². The lowest BCUT2D eigenvalue weighted by Gasteiger charge is -2.34. The minimum absolute atomic E-state index is 0.275. The maximum atomic E-state index is 13.7. The van der Waals surface area contributed by atoms with Gasteiger partial charge in [0, 0.05) is 5.92 Å². The fourth-order valence-corrected chi connectivity index (χ4v) is 6.70. The molecule has 4 rings (SSSR count). The van der Waals surface area contributed by atoms with Gasteiger partial charge in [-0.1, -0.05) is 6.92 Å². The molecule has 0 radical (unpaired) electrons. The molecule has 6 unspecified atom stereocenters. The number of esters is 3. The number of halogens is 4. The number of carbonyl (C=O) groups excluding carboxylic acids is 3. The first-order valence-corrected chi connectivity index (χ1v) is 12.9. The first-order valence-electron chi connectivity index (χ1n) is 11.5. The van der Waals surface area contributed by atoms with Crippen molar-refractivity contribution in [1.29, 1.82) is 0 Å². The Balaban J connectivity index is 1.45. The Morgan fingerprint density at radius 1 is 1.11 bits per heavy atom. The summed E-state index contributed by atoms with van der Waals surface area (Å²) in [6.45, 7) is 0.594. The minimum atomic E-state index is -6.42. The molecule has 4 aliphatic rings. The zero-order valence-electron chi connectivity index (χ0n) is 18.8. The molecule has 1 N–H and O–H groups in total. The van der Waals surface area contributed by atoms with Gasteiger partial charge in [0.2, 0.25) is 0 Å². The molecule has 198 valence electrons. The van der Waals surface area contributed by atoms with Gasteiger partial charge >= 0.3 is 39.2 Å². The van der Waals surface area contributed by atoms with Crippen LogP contribution in [0.5, 0.6) is 0 Å². The van der Waals surface area contributed by atoms with E-state index < -0.39 is 93.5 Å². The molecule has 1 aliphatic heterocycles. The van der Waals surface area contributed by atoms with Crippen molar-refractivity contribution in [1.82, 2.24) is 0 Å². The number of hydrogen-bond donors (Lipinski definition) is 1. The molecule has 35 heavy (non-hydrogen) atoms. The van der Waals surface area contributed by atoms with E-state index in [0.717, 1.165) is 12.8 Å². The summed E-state index contributed by atoms with van der Waals surface area (Å²) in [6, 6.07) is 0. The molecule has 2 bridgehead atoms. The van der Waals surface area contributed by atoms with Crippen LogP contribution in [0.15, 0.2) is 0 Å². The van der Waals surface area contributed by atoms with Gasteiger partial charge in [0.25, 0.3) is 0 Å². The molecule has 0 amide bonds. The molecule has 3 aliphatic carbocycles. The third-order valence-corrected chi connectivity index (χ3v) is 8.99. The standard InChI is InChI=1S/C21H26F4O9S/c1-2-19(5-3-4-6-19)34-18(28)14-10-9-11-13(17(27)33-15(11)14)12(10)16(26)32-8-7-20(22,23)21(24,25)35(29,30)31/h10-15H,2-9H2,1H3,(H,29,30,31). The van der Waals surface area contributed by atoms with E-state index in [4.69, 9.17) is 18.8 Å². The minimum Gasteiger partial charge on any atom is -0.465 e. The fraction of sp³-hybridized carbons (Fsp3) is 0.857. The van der Waals surface area contributed by atoms with Gasteiger partial charge in [-0.15, -0.1) is 0 Å². The normalized spacial score (nSPS) is 33.6. The van der Waals surface area contributed by atoms with E-state index in [1.807, 2.05) is 6.92 Å². The number of fused-ring (bicyclic) bond motifs is 1. The third kappa shape index (κ3) is 4.09. The van der Waals surface area contributed by atoms with E-state index in [9.17, 15) is 40.4 Å². The summed E-state index contributed by atoms with van der Waals surface area (Å²) < 4.78 is 99.7. The van der Waals surface area contributed by atoms with Crippen molar-refractivity contribution >= 4 is 28.0 Å². The van der Waals surface area contributed by atoms with Crippen LogP contribution in [0, 0.1) is 29.6 Å². The van der Waals surface area contributed by atoms with Gasteiger partial charge < -0.3 is 14.2 Å². The lowest BCUT2D eigenvalue weighted by atomic mass is 9.74.